The van der Waals surface area contributed by atoms with E-state index in [4.69, 9.17) is 0 Å². The summed E-state index contributed by atoms with van der Waals surface area (Å²) in [6.45, 7) is 12.0. The zero-order valence-corrected chi connectivity index (χ0v) is 21.1. The van der Waals surface area contributed by atoms with Crippen LogP contribution < -0.4 is 0 Å². The van der Waals surface area contributed by atoms with E-state index in [-0.39, 0.29) is 0 Å². The van der Waals surface area contributed by atoms with Crippen LogP contribution in [0.1, 0.15) is 118 Å². The summed E-state index contributed by atoms with van der Waals surface area (Å²) < 4.78 is 0. The average molecular weight is 431 g/mol. The molecule has 2 heteroatoms. The number of fused-ring (bicyclic) bond motifs is 5. The predicted octanol–water partition coefficient (Wildman–Crippen LogP) is 6.97. The molecule has 5 aliphatic rings. The van der Waals surface area contributed by atoms with Gasteiger partial charge in [0, 0.05) is 0 Å². The minimum absolute atomic E-state index is 0.417. The molecular formula is C29H50O2. The maximum atomic E-state index is 10.9. The van der Waals surface area contributed by atoms with Crippen LogP contribution in [0.25, 0.3) is 0 Å². The molecule has 0 aromatic carbocycles. The van der Waals surface area contributed by atoms with Gasteiger partial charge in [0.25, 0.3) is 0 Å². The van der Waals surface area contributed by atoms with Crippen LogP contribution in [0, 0.1) is 52.3 Å². The highest BCUT2D eigenvalue weighted by Crippen LogP contribution is 2.69. The molecule has 10 atom stereocenters. The van der Waals surface area contributed by atoms with Crippen molar-refractivity contribution < 1.29 is 10.2 Å². The lowest BCUT2D eigenvalue weighted by Crippen LogP contribution is -2.55. The van der Waals surface area contributed by atoms with Crippen LogP contribution in [0.4, 0.5) is 0 Å². The molecule has 0 saturated heterocycles. The number of rotatable bonds is 5. The first-order chi connectivity index (χ1) is 14.5. The Hall–Kier alpha value is -0.0800. The van der Waals surface area contributed by atoms with E-state index in [0.29, 0.717) is 16.7 Å². The third kappa shape index (κ3) is 3.74. The average Bonchev–Trinajstić information content (AvgIpc) is 3.49. The molecule has 0 aromatic heterocycles. The molecular weight excluding hydrogens is 380 g/mol. The van der Waals surface area contributed by atoms with Crippen molar-refractivity contribution in [2.24, 2.45) is 52.3 Å². The second-order valence-corrected chi connectivity index (χ2v) is 14.2. The molecule has 0 spiro atoms. The fourth-order valence-electron chi connectivity index (χ4n) is 10.0. The largest absolute Gasteiger partial charge is 0.390 e. The third-order valence-electron chi connectivity index (χ3n) is 12.3. The maximum Gasteiger partial charge on any atom is 0.0647 e. The van der Waals surface area contributed by atoms with Gasteiger partial charge in [-0.3, -0.25) is 0 Å². The van der Waals surface area contributed by atoms with Crippen LogP contribution in [0.3, 0.4) is 0 Å². The zero-order valence-electron chi connectivity index (χ0n) is 21.1. The zero-order chi connectivity index (χ0) is 22.2. The summed E-state index contributed by atoms with van der Waals surface area (Å²) in [4.78, 5) is 0. The maximum absolute atomic E-state index is 10.9. The van der Waals surface area contributed by atoms with Crippen molar-refractivity contribution in [1.82, 2.24) is 0 Å². The van der Waals surface area contributed by atoms with Crippen molar-refractivity contribution in [1.29, 1.82) is 0 Å². The van der Waals surface area contributed by atoms with E-state index in [2.05, 4.69) is 34.6 Å². The Morgan fingerprint density at radius 3 is 2.29 bits per heavy atom. The summed E-state index contributed by atoms with van der Waals surface area (Å²) in [7, 11) is 0. The smallest absolute Gasteiger partial charge is 0.0647 e. The van der Waals surface area contributed by atoms with Crippen LogP contribution in [0.15, 0.2) is 0 Å². The predicted molar refractivity (Wildman–Crippen MR) is 128 cm³/mol. The van der Waals surface area contributed by atoms with Crippen LogP contribution in [0.5, 0.6) is 0 Å². The molecule has 2 nitrogen and oxygen atoms in total. The SMILES string of the molecule is CC(CCC(C)(O)C1CC1)C1CCC2C3CCC4CC(C)(O)CCC4(C)C3CCC12C. The Morgan fingerprint density at radius 1 is 0.871 bits per heavy atom. The van der Waals surface area contributed by atoms with Gasteiger partial charge in [-0.15, -0.1) is 0 Å². The minimum Gasteiger partial charge on any atom is -0.390 e. The Labute approximate surface area is 192 Å². The van der Waals surface area contributed by atoms with Gasteiger partial charge in [0.05, 0.1) is 11.2 Å². The molecule has 0 bridgehead atoms. The lowest BCUT2D eigenvalue weighted by Gasteiger charge is -2.62. The van der Waals surface area contributed by atoms with Gasteiger partial charge in [0.1, 0.15) is 0 Å². The summed E-state index contributed by atoms with van der Waals surface area (Å²) in [6.07, 6.45) is 16.5. The van der Waals surface area contributed by atoms with E-state index in [1.165, 1.54) is 64.2 Å². The van der Waals surface area contributed by atoms with Crippen molar-refractivity contribution in [2.45, 2.75) is 129 Å². The molecule has 2 N–H and O–H groups in total. The van der Waals surface area contributed by atoms with Crippen LogP contribution >= 0.6 is 0 Å². The summed E-state index contributed by atoms with van der Waals surface area (Å²) in [5.41, 5.74) is 0.157. The van der Waals surface area contributed by atoms with Gasteiger partial charge in [0.2, 0.25) is 0 Å². The van der Waals surface area contributed by atoms with Gasteiger partial charge in [-0.1, -0.05) is 20.8 Å². The van der Waals surface area contributed by atoms with Crippen molar-refractivity contribution >= 4 is 0 Å². The monoisotopic (exact) mass is 430 g/mol. The molecule has 0 radical (unpaired) electrons. The van der Waals surface area contributed by atoms with E-state index in [1.807, 2.05) is 0 Å². The standard InChI is InChI=1S/C29H50O2/c1-19(12-15-29(5,31)20-6-7-20)23-10-11-24-22-9-8-21-18-26(2,30)16-17-27(21,3)25(22)13-14-28(23,24)4/h19-25,30-31H,6-18H2,1-5H3. The van der Waals surface area contributed by atoms with Gasteiger partial charge in [-0.2, -0.15) is 0 Å². The Bertz CT molecular complexity index is 678. The van der Waals surface area contributed by atoms with E-state index in [0.717, 1.165) is 54.8 Å². The van der Waals surface area contributed by atoms with E-state index >= 15 is 0 Å². The molecule has 5 saturated carbocycles. The van der Waals surface area contributed by atoms with Gasteiger partial charge in [0.15, 0.2) is 0 Å². The van der Waals surface area contributed by atoms with Gasteiger partial charge in [-0.25, -0.2) is 0 Å². The van der Waals surface area contributed by atoms with Crippen molar-refractivity contribution in [3.05, 3.63) is 0 Å². The summed E-state index contributed by atoms with van der Waals surface area (Å²) >= 11 is 0. The summed E-state index contributed by atoms with van der Waals surface area (Å²) in [6, 6.07) is 0. The molecule has 0 aromatic rings. The van der Waals surface area contributed by atoms with Crippen molar-refractivity contribution in [2.75, 3.05) is 0 Å². The molecule has 0 amide bonds. The Kier molecular flexibility index (Phi) is 5.46. The van der Waals surface area contributed by atoms with Crippen LogP contribution in [0.2, 0.25) is 0 Å². The fraction of sp³-hybridized carbons (Fsp3) is 1.00. The number of hydrogen-bond acceptors (Lipinski definition) is 2. The molecule has 178 valence electrons. The molecule has 5 aliphatic carbocycles. The van der Waals surface area contributed by atoms with Gasteiger partial charge >= 0.3 is 0 Å². The molecule has 0 aliphatic heterocycles. The third-order valence-corrected chi connectivity index (χ3v) is 12.3. The lowest BCUT2D eigenvalue weighted by atomic mass is 9.43. The van der Waals surface area contributed by atoms with Gasteiger partial charge < -0.3 is 10.2 Å². The van der Waals surface area contributed by atoms with Crippen LogP contribution in [-0.2, 0) is 0 Å². The highest BCUT2D eigenvalue weighted by molar-refractivity contribution is 5.10. The highest BCUT2D eigenvalue weighted by atomic mass is 16.3. The van der Waals surface area contributed by atoms with E-state index in [1.54, 1.807) is 0 Å². The number of hydrogen-bond donors (Lipinski definition) is 2. The quantitative estimate of drug-likeness (QED) is 0.494. The molecule has 0 heterocycles. The van der Waals surface area contributed by atoms with E-state index in [9.17, 15) is 10.2 Å². The fourth-order valence-corrected chi connectivity index (χ4v) is 10.0. The second-order valence-electron chi connectivity index (χ2n) is 14.2. The molecule has 5 fully saturated rings. The number of aliphatic hydroxyl groups is 2. The van der Waals surface area contributed by atoms with Crippen molar-refractivity contribution in [3.63, 3.8) is 0 Å². The molecule has 31 heavy (non-hydrogen) atoms. The van der Waals surface area contributed by atoms with Gasteiger partial charge in [-0.05, 0) is 150 Å². The first-order valence-corrected chi connectivity index (χ1v) is 13.9. The first kappa shape index (κ1) is 22.7. The summed E-state index contributed by atoms with van der Waals surface area (Å²) in [5.74, 6) is 5.65. The topological polar surface area (TPSA) is 40.5 Å². The summed E-state index contributed by atoms with van der Waals surface area (Å²) in [5, 5.41) is 21.6. The Morgan fingerprint density at radius 2 is 1.58 bits per heavy atom. The lowest BCUT2D eigenvalue weighted by molar-refractivity contribution is -0.148. The highest BCUT2D eigenvalue weighted by Gasteiger charge is 2.61. The first-order valence-electron chi connectivity index (χ1n) is 13.9. The Balaban J connectivity index is 1.28. The van der Waals surface area contributed by atoms with Crippen molar-refractivity contribution in [3.8, 4) is 0 Å². The molecule has 5 rings (SSSR count). The second kappa shape index (κ2) is 7.46. The molecule has 10 unspecified atom stereocenters. The normalized spacial score (nSPS) is 52.5. The van der Waals surface area contributed by atoms with E-state index < -0.39 is 11.2 Å². The van der Waals surface area contributed by atoms with Crippen LogP contribution in [-0.4, -0.2) is 21.4 Å². The minimum atomic E-state index is -0.421.